The van der Waals surface area contributed by atoms with Gasteiger partial charge < -0.3 is 10.3 Å². The van der Waals surface area contributed by atoms with Crippen molar-refractivity contribution in [3.05, 3.63) is 29.8 Å². The van der Waals surface area contributed by atoms with Crippen LogP contribution in [0.2, 0.25) is 0 Å². The van der Waals surface area contributed by atoms with Gasteiger partial charge in [-0.15, -0.1) is 0 Å². The summed E-state index contributed by atoms with van der Waals surface area (Å²) in [5.74, 6) is 0.636. The quantitative estimate of drug-likeness (QED) is 0.882. The lowest BCUT2D eigenvalue weighted by molar-refractivity contribution is 0.547. The highest BCUT2D eigenvalue weighted by atomic mass is 19.1. The number of nitrogens with zero attached hydrogens (tertiary/aromatic N) is 2. The van der Waals surface area contributed by atoms with Crippen molar-refractivity contribution < 1.29 is 4.39 Å². The molecule has 4 heteroatoms. The fraction of sp³-hybridized carbons (Fsp3) is 0.500. The smallest absolute Gasteiger partial charge is 0.126 e. The van der Waals surface area contributed by atoms with E-state index in [0.29, 0.717) is 0 Å². The lowest BCUT2D eigenvalue weighted by Gasteiger charge is -2.12. The van der Waals surface area contributed by atoms with Crippen molar-refractivity contribution in [2.75, 3.05) is 0 Å². The summed E-state index contributed by atoms with van der Waals surface area (Å²) in [5.41, 5.74) is 7.83. The van der Waals surface area contributed by atoms with Crippen LogP contribution < -0.4 is 5.73 Å². The standard InChI is InChI=1S/C14H20FN3/c1-3-5-6-11(16)14-17-12-8-7-10(15)9-13(12)18(14)4-2/h7-9,11H,3-6,16H2,1-2H3. The fourth-order valence-corrected chi connectivity index (χ4v) is 2.28. The lowest BCUT2D eigenvalue weighted by Crippen LogP contribution is -2.16. The number of hydrogen-bond acceptors (Lipinski definition) is 2. The molecule has 2 rings (SSSR count). The second kappa shape index (κ2) is 5.48. The van der Waals surface area contributed by atoms with Gasteiger partial charge in [0, 0.05) is 6.54 Å². The molecule has 1 aromatic carbocycles. The predicted molar refractivity (Wildman–Crippen MR) is 71.8 cm³/mol. The van der Waals surface area contributed by atoms with Gasteiger partial charge in [0.2, 0.25) is 0 Å². The molecule has 2 aromatic rings. The fourth-order valence-electron chi connectivity index (χ4n) is 2.28. The van der Waals surface area contributed by atoms with Crippen molar-refractivity contribution in [2.24, 2.45) is 5.73 Å². The molecule has 0 amide bonds. The molecule has 1 unspecified atom stereocenters. The molecule has 2 N–H and O–H groups in total. The van der Waals surface area contributed by atoms with Crippen molar-refractivity contribution in [2.45, 2.75) is 45.7 Å². The Balaban J connectivity index is 2.43. The minimum atomic E-state index is -0.231. The van der Waals surface area contributed by atoms with E-state index in [0.717, 1.165) is 42.7 Å². The first-order valence-electron chi connectivity index (χ1n) is 6.58. The number of aryl methyl sites for hydroxylation is 1. The van der Waals surface area contributed by atoms with Crippen LogP contribution in [0, 0.1) is 5.82 Å². The molecular weight excluding hydrogens is 229 g/mol. The molecule has 0 saturated carbocycles. The minimum absolute atomic E-state index is 0.0691. The summed E-state index contributed by atoms with van der Waals surface area (Å²) >= 11 is 0. The molecule has 3 nitrogen and oxygen atoms in total. The van der Waals surface area contributed by atoms with E-state index >= 15 is 0 Å². The molecule has 1 atom stereocenters. The largest absolute Gasteiger partial charge is 0.327 e. The average molecular weight is 249 g/mol. The molecular formula is C14H20FN3. The molecule has 1 heterocycles. The van der Waals surface area contributed by atoms with E-state index in [2.05, 4.69) is 11.9 Å². The first-order valence-corrected chi connectivity index (χ1v) is 6.58. The number of halogens is 1. The Kier molecular flexibility index (Phi) is 3.97. The van der Waals surface area contributed by atoms with Crippen LogP contribution in [0.15, 0.2) is 18.2 Å². The molecule has 0 bridgehead atoms. The highest BCUT2D eigenvalue weighted by Crippen LogP contribution is 2.23. The van der Waals surface area contributed by atoms with Crippen LogP contribution in [0.5, 0.6) is 0 Å². The zero-order valence-corrected chi connectivity index (χ0v) is 11.0. The number of nitrogens with two attached hydrogens (primary N) is 1. The Morgan fingerprint density at radius 2 is 2.17 bits per heavy atom. The minimum Gasteiger partial charge on any atom is -0.327 e. The molecule has 0 spiro atoms. The Bertz CT molecular complexity index is 533. The van der Waals surface area contributed by atoms with E-state index in [4.69, 9.17) is 5.73 Å². The molecule has 0 aliphatic carbocycles. The lowest BCUT2D eigenvalue weighted by atomic mass is 10.1. The van der Waals surface area contributed by atoms with Crippen LogP contribution >= 0.6 is 0 Å². The van der Waals surface area contributed by atoms with Crippen LogP contribution in [-0.4, -0.2) is 9.55 Å². The SMILES string of the molecule is CCCCC(N)c1nc2ccc(F)cc2n1CC. The van der Waals surface area contributed by atoms with E-state index in [9.17, 15) is 4.39 Å². The third-order valence-electron chi connectivity index (χ3n) is 3.26. The summed E-state index contributed by atoms with van der Waals surface area (Å²) in [7, 11) is 0. The van der Waals surface area contributed by atoms with E-state index < -0.39 is 0 Å². The zero-order valence-electron chi connectivity index (χ0n) is 11.0. The van der Waals surface area contributed by atoms with Crippen LogP contribution in [-0.2, 0) is 6.54 Å². The molecule has 18 heavy (non-hydrogen) atoms. The second-order valence-corrected chi connectivity index (χ2v) is 4.60. The number of hydrogen-bond donors (Lipinski definition) is 1. The zero-order chi connectivity index (χ0) is 13.1. The first kappa shape index (κ1) is 13.0. The Morgan fingerprint density at radius 1 is 1.39 bits per heavy atom. The van der Waals surface area contributed by atoms with Crippen LogP contribution in [0.1, 0.15) is 45.0 Å². The summed E-state index contributed by atoms with van der Waals surface area (Å²) in [6, 6.07) is 4.62. The van der Waals surface area contributed by atoms with Crippen LogP contribution in [0.3, 0.4) is 0 Å². The summed E-state index contributed by atoms with van der Waals surface area (Å²) in [6.07, 6.45) is 3.12. The number of fused-ring (bicyclic) bond motifs is 1. The molecule has 0 radical (unpaired) electrons. The monoisotopic (exact) mass is 249 g/mol. The highest BCUT2D eigenvalue weighted by molar-refractivity contribution is 5.76. The third kappa shape index (κ3) is 2.38. The van der Waals surface area contributed by atoms with E-state index in [1.165, 1.54) is 12.1 Å². The Hall–Kier alpha value is -1.42. The van der Waals surface area contributed by atoms with Gasteiger partial charge in [-0.2, -0.15) is 0 Å². The van der Waals surface area contributed by atoms with Gasteiger partial charge in [0.1, 0.15) is 11.6 Å². The van der Waals surface area contributed by atoms with Gasteiger partial charge in [-0.3, -0.25) is 0 Å². The maximum Gasteiger partial charge on any atom is 0.126 e. The summed E-state index contributed by atoms with van der Waals surface area (Å²) in [6.45, 7) is 4.93. The van der Waals surface area contributed by atoms with Gasteiger partial charge in [0.05, 0.1) is 17.1 Å². The number of unbranched alkanes of at least 4 members (excludes halogenated alkanes) is 1. The maximum atomic E-state index is 13.3. The van der Waals surface area contributed by atoms with Gasteiger partial charge in [-0.25, -0.2) is 9.37 Å². The summed E-state index contributed by atoms with van der Waals surface area (Å²) in [4.78, 5) is 4.55. The van der Waals surface area contributed by atoms with Crippen molar-refractivity contribution >= 4 is 11.0 Å². The van der Waals surface area contributed by atoms with E-state index in [-0.39, 0.29) is 11.9 Å². The van der Waals surface area contributed by atoms with Crippen LogP contribution in [0.25, 0.3) is 11.0 Å². The van der Waals surface area contributed by atoms with E-state index in [1.54, 1.807) is 6.07 Å². The van der Waals surface area contributed by atoms with Crippen molar-refractivity contribution in [3.63, 3.8) is 0 Å². The third-order valence-corrected chi connectivity index (χ3v) is 3.26. The summed E-state index contributed by atoms with van der Waals surface area (Å²) in [5, 5.41) is 0. The summed E-state index contributed by atoms with van der Waals surface area (Å²) < 4.78 is 15.3. The topological polar surface area (TPSA) is 43.8 Å². The highest BCUT2D eigenvalue weighted by Gasteiger charge is 2.16. The molecule has 1 aromatic heterocycles. The average Bonchev–Trinajstić information content (AvgIpc) is 2.73. The molecule has 0 aliphatic rings. The number of rotatable bonds is 5. The molecule has 0 aliphatic heterocycles. The van der Waals surface area contributed by atoms with Crippen molar-refractivity contribution in [1.82, 2.24) is 9.55 Å². The molecule has 0 saturated heterocycles. The normalized spacial score (nSPS) is 13.1. The second-order valence-electron chi connectivity index (χ2n) is 4.60. The Morgan fingerprint density at radius 3 is 2.83 bits per heavy atom. The predicted octanol–water partition coefficient (Wildman–Crippen LogP) is 3.39. The molecule has 0 fully saturated rings. The number of benzene rings is 1. The molecule has 98 valence electrons. The number of aromatic nitrogens is 2. The van der Waals surface area contributed by atoms with Gasteiger partial charge in [-0.05, 0) is 31.5 Å². The van der Waals surface area contributed by atoms with Gasteiger partial charge in [0.15, 0.2) is 0 Å². The van der Waals surface area contributed by atoms with Gasteiger partial charge in [0.25, 0.3) is 0 Å². The van der Waals surface area contributed by atoms with Crippen molar-refractivity contribution in [1.29, 1.82) is 0 Å². The van der Waals surface area contributed by atoms with Crippen LogP contribution in [0.4, 0.5) is 4.39 Å². The first-order chi connectivity index (χ1) is 8.67. The van der Waals surface area contributed by atoms with Gasteiger partial charge >= 0.3 is 0 Å². The van der Waals surface area contributed by atoms with Crippen molar-refractivity contribution in [3.8, 4) is 0 Å². The maximum absolute atomic E-state index is 13.3. The Labute approximate surface area is 107 Å². The van der Waals surface area contributed by atoms with Gasteiger partial charge in [-0.1, -0.05) is 19.8 Å². The number of imidazole rings is 1. The van der Waals surface area contributed by atoms with E-state index in [1.807, 2.05) is 11.5 Å².